The number of rotatable bonds is 3. The van der Waals surface area contributed by atoms with Crippen LogP contribution >= 0.6 is 0 Å². The molecule has 0 bridgehead atoms. The topological polar surface area (TPSA) is 29.9 Å². The molecule has 0 unspecified atom stereocenters. The van der Waals surface area contributed by atoms with E-state index in [-0.39, 0.29) is 0 Å². The van der Waals surface area contributed by atoms with Gasteiger partial charge in [0.1, 0.15) is 0 Å². The summed E-state index contributed by atoms with van der Waals surface area (Å²) in [7, 11) is 2.01. The summed E-state index contributed by atoms with van der Waals surface area (Å²) in [5, 5.41) is 7.88. The van der Waals surface area contributed by atoms with Crippen LogP contribution in [0.2, 0.25) is 0 Å². The predicted octanol–water partition coefficient (Wildman–Crippen LogP) is 1.62. The van der Waals surface area contributed by atoms with Crippen molar-refractivity contribution >= 4 is 0 Å². The van der Waals surface area contributed by atoms with Crippen molar-refractivity contribution in [1.82, 2.24) is 15.1 Å². The van der Waals surface area contributed by atoms with E-state index in [1.807, 2.05) is 18.7 Å². The number of aryl methyl sites for hydroxylation is 2. The average Bonchev–Trinajstić information content (AvgIpc) is 2.37. The first-order valence-electron chi connectivity index (χ1n) is 5.38. The molecule has 78 valence electrons. The van der Waals surface area contributed by atoms with Crippen molar-refractivity contribution in [2.45, 2.75) is 39.3 Å². The molecule has 3 heteroatoms. The Labute approximate surface area is 85.5 Å². The van der Waals surface area contributed by atoms with E-state index in [0.29, 0.717) is 0 Å². The number of aromatic nitrogens is 2. The number of nitrogens with one attached hydrogen (secondary N) is 1. The van der Waals surface area contributed by atoms with Crippen molar-refractivity contribution in [3.63, 3.8) is 0 Å². The van der Waals surface area contributed by atoms with Crippen molar-refractivity contribution in [1.29, 1.82) is 0 Å². The highest BCUT2D eigenvalue weighted by Gasteiger charge is 2.24. The molecule has 0 atom stereocenters. The molecule has 3 nitrogen and oxygen atoms in total. The zero-order chi connectivity index (χ0) is 10.1. The van der Waals surface area contributed by atoms with Crippen LogP contribution < -0.4 is 5.32 Å². The van der Waals surface area contributed by atoms with Gasteiger partial charge in [0.15, 0.2) is 0 Å². The summed E-state index contributed by atoms with van der Waals surface area (Å²) in [5.41, 5.74) is 2.38. The lowest BCUT2D eigenvalue weighted by molar-refractivity contribution is 0.239. The van der Waals surface area contributed by atoms with E-state index in [1.165, 1.54) is 18.5 Å². The molecule has 0 amide bonds. The number of hydrogen-bond donors (Lipinski definition) is 1. The summed E-state index contributed by atoms with van der Waals surface area (Å²) in [6.07, 6.45) is 2.66. The largest absolute Gasteiger partial charge is 0.308 e. The van der Waals surface area contributed by atoms with E-state index in [1.54, 1.807) is 0 Å². The van der Waals surface area contributed by atoms with Crippen LogP contribution in [0.15, 0.2) is 6.07 Å². The highest BCUT2D eigenvalue weighted by Crippen LogP contribution is 2.26. The Morgan fingerprint density at radius 3 is 2.79 bits per heavy atom. The van der Waals surface area contributed by atoms with Crippen LogP contribution in [0.25, 0.3) is 0 Å². The summed E-state index contributed by atoms with van der Waals surface area (Å²) in [6, 6.07) is 2.88. The highest BCUT2D eigenvalue weighted by molar-refractivity contribution is 5.08. The van der Waals surface area contributed by atoms with Gasteiger partial charge in [-0.3, -0.25) is 4.68 Å². The van der Waals surface area contributed by atoms with Crippen molar-refractivity contribution in [2.24, 2.45) is 13.0 Å². The third-order valence-electron chi connectivity index (χ3n) is 3.04. The molecule has 1 N–H and O–H groups in total. The third-order valence-corrected chi connectivity index (χ3v) is 3.04. The van der Waals surface area contributed by atoms with Gasteiger partial charge >= 0.3 is 0 Å². The van der Waals surface area contributed by atoms with Gasteiger partial charge in [0.05, 0.1) is 11.4 Å². The van der Waals surface area contributed by atoms with Crippen LogP contribution in [-0.4, -0.2) is 15.8 Å². The molecule has 1 saturated carbocycles. The van der Waals surface area contributed by atoms with Crippen molar-refractivity contribution in [3.8, 4) is 0 Å². The van der Waals surface area contributed by atoms with Crippen molar-refractivity contribution in [3.05, 3.63) is 17.5 Å². The standard InChI is InChI=1S/C11H19N3/c1-8-4-10(5-8)12-7-11-6-9(2)13-14(11)3/h6,8,10,12H,4-5,7H2,1-3H3. The van der Waals surface area contributed by atoms with Gasteiger partial charge in [-0.2, -0.15) is 5.10 Å². The monoisotopic (exact) mass is 193 g/mol. The second-order valence-electron chi connectivity index (χ2n) is 4.56. The van der Waals surface area contributed by atoms with Crippen molar-refractivity contribution < 1.29 is 0 Å². The number of nitrogens with zero attached hydrogens (tertiary/aromatic N) is 2. The van der Waals surface area contributed by atoms with Gasteiger partial charge in [-0.15, -0.1) is 0 Å². The Morgan fingerprint density at radius 2 is 2.29 bits per heavy atom. The van der Waals surface area contributed by atoms with Gasteiger partial charge in [-0.1, -0.05) is 6.92 Å². The molecule has 0 radical (unpaired) electrons. The van der Waals surface area contributed by atoms with Crippen LogP contribution in [-0.2, 0) is 13.6 Å². The molecular formula is C11H19N3. The molecule has 0 spiro atoms. The smallest absolute Gasteiger partial charge is 0.0597 e. The normalized spacial score (nSPS) is 26.2. The van der Waals surface area contributed by atoms with E-state index < -0.39 is 0 Å². The van der Waals surface area contributed by atoms with E-state index >= 15 is 0 Å². The van der Waals surface area contributed by atoms with Crippen LogP contribution in [0.5, 0.6) is 0 Å². The fraction of sp³-hybridized carbons (Fsp3) is 0.727. The molecule has 1 aromatic heterocycles. The van der Waals surface area contributed by atoms with Gasteiger partial charge in [-0.05, 0) is 31.7 Å². The Balaban J connectivity index is 1.83. The van der Waals surface area contributed by atoms with E-state index in [9.17, 15) is 0 Å². The first-order chi connectivity index (χ1) is 6.65. The van der Waals surface area contributed by atoms with Gasteiger partial charge in [0.2, 0.25) is 0 Å². The lowest BCUT2D eigenvalue weighted by Crippen LogP contribution is -2.39. The van der Waals surface area contributed by atoms with E-state index in [2.05, 4.69) is 23.4 Å². The molecule has 0 aromatic carbocycles. The van der Waals surface area contributed by atoms with E-state index in [4.69, 9.17) is 0 Å². The molecule has 1 heterocycles. The predicted molar refractivity (Wildman–Crippen MR) is 57.0 cm³/mol. The minimum Gasteiger partial charge on any atom is -0.308 e. The molecule has 0 aliphatic heterocycles. The molecule has 1 fully saturated rings. The minimum absolute atomic E-state index is 0.736. The van der Waals surface area contributed by atoms with Gasteiger partial charge < -0.3 is 5.32 Å². The Kier molecular flexibility index (Phi) is 2.59. The first kappa shape index (κ1) is 9.71. The lowest BCUT2D eigenvalue weighted by Gasteiger charge is -2.33. The average molecular weight is 193 g/mol. The fourth-order valence-corrected chi connectivity index (χ4v) is 2.15. The maximum Gasteiger partial charge on any atom is 0.0597 e. The van der Waals surface area contributed by atoms with Crippen LogP contribution in [0.1, 0.15) is 31.2 Å². The zero-order valence-corrected chi connectivity index (χ0v) is 9.25. The van der Waals surface area contributed by atoms with Gasteiger partial charge in [-0.25, -0.2) is 0 Å². The second-order valence-corrected chi connectivity index (χ2v) is 4.56. The molecular weight excluding hydrogens is 174 g/mol. The molecule has 1 aliphatic rings. The Hall–Kier alpha value is -0.830. The fourth-order valence-electron chi connectivity index (χ4n) is 2.15. The van der Waals surface area contributed by atoms with Gasteiger partial charge in [0.25, 0.3) is 0 Å². The molecule has 0 saturated heterocycles. The maximum absolute atomic E-state index is 4.32. The third kappa shape index (κ3) is 1.98. The highest BCUT2D eigenvalue weighted by atomic mass is 15.3. The Morgan fingerprint density at radius 1 is 1.57 bits per heavy atom. The molecule has 2 rings (SSSR count). The second kappa shape index (κ2) is 3.73. The summed E-state index contributed by atoms with van der Waals surface area (Å²) in [6.45, 7) is 5.30. The summed E-state index contributed by atoms with van der Waals surface area (Å²) in [5.74, 6) is 0.917. The lowest BCUT2D eigenvalue weighted by atomic mass is 9.82. The first-order valence-corrected chi connectivity index (χ1v) is 5.38. The van der Waals surface area contributed by atoms with Crippen LogP contribution in [0, 0.1) is 12.8 Å². The van der Waals surface area contributed by atoms with Crippen LogP contribution in [0.3, 0.4) is 0 Å². The summed E-state index contributed by atoms with van der Waals surface area (Å²) < 4.78 is 1.96. The molecule has 14 heavy (non-hydrogen) atoms. The molecule has 1 aliphatic carbocycles. The minimum atomic E-state index is 0.736. The Bertz CT molecular complexity index is 310. The maximum atomic E-state index is 4.32. The van der Waals surface area contributed by atoms with Crippen molar-refractivity contribution in [2.75, 3.05) is 0 Å². The van der Waals surface area contributed by atoms with Gasteiger partial charge in [0, 0.05) is 19.6 Å². The SMILES string of the molecule is Cc1cc(CNC2CC(C)C2)n(C)n1. The molecule has 1 aromatic rings. The van der Waals surface area contributed by atoms with Crippen LogP contribution in [0.4, 0.5) is 0 Å². The van der Waals surface area contributed by atoms with E-state index in [0.717, 1.165) is 24.2 Å². The summed E-state index contributed by atoms with van der Waals surface area (Å²) in [4.78, 5) is 0. The number of hydrogen-bond acceptors (Lipinski definition) is 2. The summed E-state index contributed by atoms with van der Waals surface area (Å²) >= 11 is 0. The quantitative estimate of drug-likeness (QED) is 0.790. The zero-order valence-electron chi connectivity index (χ0n) is 9.25.